The summed E-state index contributed by atoms with van der Waals surface area (Å²) in [4.78, 5) is 30.2. The van der Waals surface area contributed by atoms with Crippen LogP contribution in [0.3, 0.4) is 0 Å². The molecule has 0 radical (unpaired) electrons. The van der Waals surface area contributed by atoms with Gasteiger partial charge in [-0.3, -0.25) is 4.79 Å². The maximum atomic E-state index is 14.6. The van der Waals surface area contributed by atoms with Gasteiger partial charge in [-0.1, -0.05) is 31.1 Å². The van der Waals surface area contributed by atoms with E-state index in [4.69, 9.17) is 9.51 Å². The highest BCUT2D eigenvalue weighted by Gasteiger charge is 2.73. The monoisotopic (exact) mass is 585 g/mol. The Morgan fingerprint density at radius 2 is 1.79 bits per heavy atom. The normalized spacial score (nSPS) is 31.3. The fourth-order valence-corrected chi connectivity index (χ4v) is 9.06. The topological polar surface area (TPSA) is 85.0 Å². The first-order valence-electron chi connectivity index (χ1n) is 15.3. The Balaban J connectivity index is 1.09. The summed E-state index contributed by atoms with van der Waals surface area (Å²) >= 11 is 1.64. The molecule has 6 aliphatic carbocycles. The summed E-state index contributed by atoms with van der Waals surface area (Å²) in [6.45, 7) is 6.84. The second-order valence-electron chi connectivity index (χ2n) is 14.1. The van der Waals surface area contributed by atoms with E-state index in [1.807, 2.05) is 30.2 Å². The standard InChI is InChI=1S/C33H36FN5O2S/c1-20(2)26-37-28(41-38-26)31-10-7-30(8-11-31,9-12-31)19-39(29(40)32-16-33(34,17-32)18-32)24-6-4-5-22(13-24)23-14-25-27(35-15-23)36-21(3)42-25/h4-6,13-15,20H,7-12,16-19H2,1-3H3. The van der Waals surface area contributed by atoms with Crippen molar-refractivity contribution in [1.29, 1.82) is 0 Å². The molecule has 0 aliphatic heterocycles. The highest BCUT2D eigenvalue weighted by Crippen LogP contribution is 2.70. The number of benzene rings is 1. The number of amides is 1. The van der Waals surface area contributed by atoms with Crippen molar-refractivity contribution in [2.45, 2.75) is 95.6 Å². The molecule has 218 valence electrons. The lowest BCUT2D eigenvalue weighted by atomic mass is 9.41. The lowest BCUT2D eigenvalue weighted by Gasteiger charge is -2.65. The quantitative estimate of drug-likeness (QED) is 0.221. The van der Waals surface area contributed by atoms with Gasteiger partial charge in [-0.15, -0.1) is 11.3 Å². The largest absolute Gasteiger partial charge is 0.339 e. The Bertz CT molecular complexity index is 1680. The first-order valence-corrected chi connectivity index (χ1v) is 16.1. The van der Waals surface area contributed by atoms with Gasteiger partial charge in [0.2, 0.25) is 11.8 Å². The highest BCUT2D eigenvalue weighted by molar-refractivity contribution is 7.18. The van der Waals surface area contributed by atoms with Gasteiger partial charge in [0.15, 0.2) is 11.5 Å². The van der Waals surface area contributed by atoms with E-state index in [0.717, 1.165) is 82.4 Å². The number of fused-ring (bicyclic) bond motifs is 4. The third kappa shape index (κ3) is 3.98. The molecule has 1 amide bonds. The van der Waals surface area contributed by atoms with Crippen LogP contribution in [0, 0.1) is 17.8 Å². The number of aromatic nitrogens is 4. The number of thiazole rings is 1. The highest BCUT2D eigenvalue weighted by atomic mass is 32.1. The van der Waals surface area contributed by atoms with E-state index in [9.17, 15) is 9.18 Å². The van der Waals surface area contributed by atoms with Crippen molar-refractivity contribution < 1.29 is 13.7 Å². The molecule has 0 saturated heterocycles. The van der Waals surface area contributed by atoms with E-state index in [-0.39, 0.29) is 22.7 Å². The fourth-order valence-electron chi connectivity index (χ4n) is 8.24. The summed E-state index contributed by atoms with van der Waals surface area (Å²) < 4.78 is 21.5. The number of rotatable bonds is 7. The molecule has 4 aromatic rings. The molecule has 3 aromatic heterocycles. The van der Waals surface area contributed by atoms with E-state index < -0.39 is 11.1 Å². The van der Waals surface area contributed by atoms with Crippen LogP contribution >= 0.6 is 11.3 Å². The van der Waals surface area contributed by atoms with Crippen molar-refractivity contribution in [3.8, 4) is 11.1 Å². The van der Waals surface area contributed by atoms with Crippen LogP contribution in [0.25, 0.3) is 21.5 Å². The second-order valence-corrected chi connectivity index (χ2v) is 15.3. The number of hydrogen-bond acceptors (Lipinski definition) is 7. The maximum Gasteiger partial charge on any atom is 0.233 e. The number of pyridine rings is 1. The SMILES string of the molecule is Cc1nc2ncc(-c3cccc(N(CC45CCC(c6nc(C(C)C)no6)(CC4)CC5)C(=O)C45CC(F)(C4)C5)c3)cc2s1. The van der Waals surface area contributed by atoms with Crippen molar-refractivity contribution in [3.63, 3.8) is 0 Å². The Morgan fingerprint density at radius 3 is 2.45 bits per heavy atom. The van der Waals surface area contributed by atoms with Crippen LogP contribution in [0.5, 0.6) is 0 Å². The molecular formula is C33H36FN5O2S. The zero-order valence-electron chi connectivity index (χ0n) is 24.5. The first-order chi connectivity index (χ1) is 20.1. The zero-order chi connectivity index (χ0) is 28.9. The Morgan fingerprint density at radius 1 is 1.05 bits per heavy atom. The summed E-state index contributed by atoms with van der Waals surface area (Å²) in [5.74, 6) is 1.91. The maximum absolute atomic E-state index is 14.6. The number of carbonyl (C=O) groups excluding carboxylic acids is 1. The summed E-state index contributed by atoms with van der Waals surface area (Å²) in [5.41, 5.74) is 2.02. The predicted molar refractivity (Wildman–Crippen MR) is 160 cm³/mol. The second kappa shape index (κ2) is 8.91. The van der Waals surface area contributed by atoms with Gasteiger partial charge in [0.25, 0.3) is 0 Å². The van der Waals surface area contributed by atoms with Gasteiger partial charge >= 0.3 is 0 Å². The zero-order valence-corrected chi connectivity index (χ0v) is 25.3. The van der Waals surface area contributed by atoms with E-state index in [2.05, 4.69) is 47.2 Å². The third-order valence-electron chi connectivity index (χ3n) is 10.8. The van der Waals surface area contributed by atoms with Gasteiger partial charge in [-0.05, 0) is 93.9 Å². The Kier molecular flexibility index (Phi) is 5.61. The lowest BCUT2D eigenvalue weighted by molar-refractivity contribution is -0.211. The molecule has 0 atom stereocenters. The van der Waals surface area contributed by atoms with E-state index in [0.29, 0.717) is 25.8 Å². The number of aryl methyl sites for hydroxylation is 1. The number of alkyl halides is 1. The number of hydrogen-bond donors (Lipinski definition) is 0. The van der Waals surface area contributed by atoms with Crippen LogP contribution in [0.4, 0.5) is 10.1 Å². The van der Waals surface area contributed by atoms with Gasteiger partial charge in [-0.2, -0.15) is 4.98 Å². The molecule has 0 unspecified atom stereocenters. The number of anilines is 1. The van der Waals surface area contributed by atoms with Crippen LogP contribution in [0.2, 0.25) is 0 Å². The molecule has 9 heteroatoms. The van der Waals surface area contributed by atoms with Crippen LogP contribution in [0.1, 0.15) is 94.3 Å². The van der Waals surface area contributed by atoms with Gasteiger partial charge in [-0.25, -0.2) is 14.4 Å². The average Bonchev–Trinajstić information content (AvgIpc) is 3.61. The Labute approximate surface area is 248 Å². The number of nitrogens with zero attached hydrogens (tertiary/aromatic N) is 5. The lowest BCUT2D eigenvalue weighted by Crippen LogP contribution is -2.71. The van der Waals surface area contributed by atoms with Gasteiger partial charge in [0.05, 0.1) is 15.1 Å². The summed E-state index contributed by atoms with van der Waals surface area (Å²) in [6.07, 6.45) is 8.99. The molecule has 4 bridgehead atoms. The third-order valence-corrected chi connectivity index (χ3v) is 11.7. The molecule has 3 heterocycles. The minimum atomic E-state index is -1.12. The molecule has 6 fully saturated rings. The van der Waals surface area contributed by atoms with Crippen LogP contribution in [0.15, 0.2) is 41.1 Å². The van der Waals surface area contributed by atoms with Crippen molar-refractivity contribution in [2.75, 3.05) is 11.4 Å². The van der Waals surface area contributed by atoms with E-state index in [1.54, 1.807) is 11.3 Å². The molecule has 10 rings (SSSR count). The van der Waals surface area contributed by atoms with E-state index in [1.165, 1.54) is 0 Å². The summed E-state index contributed by atoms with van der Waals surface area (Å²) in [7, 11) is 0. The van der Waals surface area contributed by atoms with Gasteiger partial charge in [0.1, 0.15) is 5.67 Å². The fraction of sp³-hybridized carbons (Fsp3) is 0.545. The first kappa shape index (κ1) is 26.4. The molecule has 0 N–H and O–H groups in total. The van der Waals surface area contributed by atoms with Crippen molar-refractivity contribution in [3.05, 3.63) is 53.3 Å². The van der Waals surface area contributed by atoms with Crippen molar-refractivity contribution >= 4 is 33.3 Å². The van der Waals surface area contributed by atoms with Crippen LogP contribution < -0.4 is 4.90 Å². The Hall–Kier alpha value is -3.20. The van der Waals surface area contributed by atoms with Crippen molar-refractivity contribution in [2.24, 2.45) is 10.8 Å². The summed E-state index contributed by atoms with van der Waals surface area (Å²) in [5, 5.41) is 5.25. The molecular weight excluding hydrogens is 549 g/mol. The number of halogens is 1. The minimum Gasteiger partial charge on any atom is -0.339 e. The van der Waals surface area contributed by atoms with Crippen molar-refractivity contribution in [1.82, 2.24) is 20.1 Å². The predicted octanol–water partition coefficient (Wildman–Crippen LogP) is 7.69. The average molecular weight is 586 g/mol. The molecule has 42 heavy (non-hydrogen) atoms. The molecule has 1 aromatic carbocycles. The molecule has 0 spiro atoms. The van der Waals surface area contributed by atoms with Crippen LogP contribution in [-0.4, -0.2) is 38.2 Å². The van der Waals surface area contributed by atoms with Gasteiger partial charge in [0, 0.05) is 35.3 Å². The smallest absolute Gasteiger partial charge is 0.233 e. The molecule has 7 nitrogen and oxygen atoms in total. The summed E-state index contributed by atoms with van der Waals surface area (Å²) in [6, 6.07) is 10.4. The molecule has 6 aliphatic rings. The minimum absolute atomic E-state index is 0.0336. The number of carbonyl (C=O) groups is 1. The van der Waals surface area contributed by atoms with Gasteiger partial charge < -0.3 is 9.42 Å². The molecule has 6 saturated carbocycles. The van der Waals surface area contributed by atoms with E-state index >= 15 is 0 Å². The van der Waals surface area contributed by atoms with Crippen LogP contribution in [-0.2, 0) is 10.2 Å².